The van der Waals surface area contributed by atoms with Crippen molar-refractivity contribution in [2.45, 2.75) is 88.2 Å². The summed E-state index contributed by atoms with van der Waals surface area (Å²) < 4.78 is 11.0. The van der Waals surface area contributed by atoms with Crippen LogP contribution in [0.3, 0.4) is 0 Å². The largest absolute Gasteiger partial charge is 0.479 e. The van der Waals surface area contributed by atoms with Crippen molar-refractivity contribution in [1.29, 1.82) is 0 Å². The Balaban J connectivity index is 1.34. The minimum Gasteiger partial charge on any atom is -0.479 e. The van der Waals surface area contributed by atoms with E-state index in [1.165, 1.54) is 11.1 Å². The molecule has 4 aliphatic rings. The van der Waals surface area contributed by atoms with E-state index in [-0.39, 0.29) is 11.5 Å². The first-order chi connectivity index (χ1) is 15.2. The fourth-order valence-electron chi connectivity index (χ4n) is 6.89. The molecule has 176 valence electrons. The number of aliphatic hydroxyl groups is 4. The molecule has 5 N–H and O–H groups in total. The van der Waals surface area contributed by atoms with Gasteiger partial charge in [-0.15, -0.1) is 0 Å². The number of carbonyl (C=O) groups is 1. The predicted molar refractivity (Wildman–Crippen MR) is 112 cm³/mol. The van der Waals surface area contributed by atoms with Crippen molar-refractivity contribution in [3.05, 3.63) is 29.3 Å². The molecule has 0 spiro atoms. The van der Waals surface area contributed by atoms with Crippen molar-refractivity contribution in [3.63, 3.8) is 0 Å². The number of ether oxygens (including phenoxy) is 2. The van der Waals surface area contributed by atoms with E-state index in [2.05, 4.69) is 6.92 Å². The Morgan fingerprint density at radius 1 is 1.06 bits per heavy atom. The number of aliphatic hydroxyl groups excluding tert-OH is 4. The van der Waals surface area contributed by atoms with Crippen LogP contribution in [0.25, 0.3) is 0 Å². The summed E-state index contributed by atoms with van der Waals surface area (Å²) in [6.45, 7) is 2.25. The fraction of sp³-hybridized carbons (Fsp3) is 0.708. The maximum absolute atomic E-state index is 11.3. The lowest BCUT2D eigenvalue weighted by Crippen LogP contribution is -2.61. The van der Waals surface area contributed by atoms with E-state index < -0.39 is 36.7 Å². The van der Waals surface area contributed by atoms with Crippen LogP contribution in [0.2, 0.25) is 0 Å². The third-order valence-electron chi connectivity index (χ3n) is 8.71. The number of hydrogen-bond acceptors (Lipinski definition) is 7. The number of carboxylic acids is 1. The second kappa shape index (κ2) is 7.95. The molecule has 0 aromatic heterocycles. The molecule has 1 aromatic rings. The quantitative estimate of drug-likeness (QED) is 0.465. The first-order valence-corrected chi connectivity index (χ1v) is 11.6. The highest BCUT2D eigenvalue weighted by Crippen LogP contribution is 2.60. The summed E-state index contributed by atoms with van der Waals surface area (Å²) in [5.74, 6) is 0.570. The lowest BCUT2D eigenvalue weighted by Gasteiger charge is -2.50. The number of carboxylic acid groups (broad SMARTS) is 1. The van der Waals surface area contributed by atoms with Crippen molar-refractivity contribution in [2.24, 2.45) is 17.3 Å². The van der Waals surface area contributed by atoms with Gasteiger partial charge in [-0.05, 0) is 85.0 Å². The van der Waals surface area contributed by atoms with Gasteiger partial charge in [0.05, 0.1) is 6.10 Å². The number of hydrogen-bond donors (Lipinski definition) is 5. The Morgan fingerprint density at radius 2 is 1.84 bits per heavy atom. The van der Waals surface area contributed by atoms with E-state index in [1.54, 1.807) is 6.07 Å². The van der Waals surface area contributed by atoms with E-state index in [9.17, 15) is 30.3 Å². The molecule has 32 heavy (non-hydrogen) atoms. The minimum atomic E-state index is -1.74. The van der Waals surface area contributed by atoms with Crippen molar-refractivity contribution >= 4 is 5.97 Å². The van der Waals surface area contributed by atoms with E-state index in [1.807, 2.05) is 12.1 Å². The van der Waals surface area contributed by atoms with E-state index >= 15 is 0 Å². The highest BCUT2D eigenvalue weighted by molar-refractivity contribution is 5.73. The van der Waals surface area contributed by atoms with E-state index in [4.69, 9.17) is 9.47 Å². The number of fused-ring (bicyclic) bond motifs is 5. The van der Waals surface area contributed by atoms with Gasteiger partial charge in [0.15, 0.2) is 6.10 Å². The Morgan fingerprint density at radius 3 is 2.59 bits per heavy atom. The normalized spacial score (nSPS) is 45.5. The van der Waals surface area contributed by atoms with Gasteiger partial charge in [0.1, 0.15) is 24.1 Å². The molecule has 1 heterocycles. The first kappa shape index (κ1) is 22.1. The lowest BCUT2D eigenvalue weighted by molar-refractivity contribution is -0.271. The molecular weight excluding hydrogens is 416 g/mol. The van der Waals surface area contributed by atoms with Gasteiger partial charge in [0, 0.05) is 0 Å². The highest BCUT2D eigenvalue weighted by atomic mass is 16.7. The summed E-state index contributed by atoms with van der Waals surface area (Å²) in [7, 11) is 0. The topological polar surface area (TPSA) is 137 Å². The zero-order valence-electron chi connectivity index (χ0n) is 18.1. The van der Waals surface area contributed by atoms with Crippen LogP contribution in [0.4, 0.5) is 0 Å². The fourth-order valence-corrected chi connectivity index (χ4v) is 6.89. The Labute approximate surface area is 186 Å². The molecule has 8 heteroatoms. The van der Waals surface area contributed by atoms with Crippen LogP contribution in [0.15, 0.2) is 18.2 Å². The van der Waals surface area contributed by atoms with Gasteiger partial charge < -0.3 is 35.0 Å². The maximum atomic E-state index is 11.3. The molecule has 5 rings (SSSR count). The molecule has 3 fully saturated rings. The van der Waals surface area contributed by atoms with Gasteiger partial charge in [-0.2, -0.15) is 0 Å². The number of benzene rings is 1. The van der Waals surface area contributed by atoms with Crippen LogP contribution in [0.1, 0.15) is 56.1 Å². The molecule has 0 radical (unpaired) electrons. The third-order valence-corrected chi connectivity index (χ3v) is 8.71. The van der Waals surface area contributed by atoms with Gasteiger partial charge in [0.25, 0.3) is 0 Å². The molecule has 1 saturated heterocycles. The van der Waals surface area contributed by atoms with Crippen molar-refractivity contribution in [1.82, 2.24) is 0 Å². The second-order valence-electron chi connectivity index (χ2n) is 10.3. The van der Waals surface area contributed by atoms with Crippen LogP contribution in [-0.4, -0.2) is 68.3 Å². The molecule has 10 atom stereocenters. The molecule has 1 aliphatic heterocycles. The van der Waals surface area contributed by atoms with E-state index in [0.717, 1.165) is 38.5 Å². The van der Waals surface area contributed by atoms with Crippen LogP contribution < -0.4 is 4.74 Å². The Hall–Kier alpha value is -1.71. The molecular formula is C24H32O8. The third kappa shape index (κ3) is 3.35. The Kier molecular flexibility index (Phi) is 5.49. The summed E-state index contributed by atoms with van der Waals surface area (Å²) >= 11 is 0. The van der Waals surface area contributed by atoms with Crippen molar-refractivity contribution in [3.8, 4) is 5.75 Å². The maximum Gasteiger partial charge on any atom is 0.335 e. The molecule has 2 saturated carbocycles. The SMILES string of the molecule is C[C@]12CCC3c4ccc(O[C@@H]5O[C@H](C(=O)O)[C@@H](O)[C@H](O)[C@H]5O)cc4CCC3C1CC[C@@H]2O. The van der Waals surface area contributed by atoms with Gasteiger partial charge >= 0.3 is 5.97 Å². The summed E-state index contributed by atoms with van der Waals surface area (Å²) in [5.41, 5.74) is 2.51. The van der Waals surface area contributed by atoms with Crippen molar-refractivity contribution in [2.75, 3.05) is 0 Å². The van der Waals surface area contributed by atoms with E-state index in [0.29, 0.717) is 23.5 Å². The average molecular weight is 449 g/mol. The summed E-state index contributed by atoms with van der Waals surface area (Å²) in [6, 6.07) is 5.75. The van der Waals surface area contributed by atoms with Crippen molar-refractivity contribution < 1.29 is 39.8 Å². The summed E-state index contributed by atoms with van der Waals surface area (Å²) in [4.78, 5) is 11.3. The van der Waals surface area contributed by atoms with Crippen LogP contribution in [-0.2, 0) is 16.0 Å². The zero-order valence-corrected chi connectivity index (χ0v) is 18.1. The smallest absolute Gasteiger partial charge is 0.335 e. The highest BCUT2D eigenvalue weighted by Gasteiger charge is 2.54. The standard InChI is InChI=1S/C24H32O8/c1-24-9-8-14-13-5-3-12(10-11(13)2-4-15(14)16(24)6-7-17(24)25)31-23-20(28)18(26)19(27)21(32-23)22(29)30/h3,5,10,14-21,23,25-28H,2,4,6-9H2,1H3,(H,29,30)/t14?,15?,16?,17-,18-,19-,20+,21-,23+,24-/m0/s1. The van der Waals surface area contributed by atoms with Crippen LogP contribution in [0.5, 0.6) is 5.75 Å². The second-order valence-corrected chi connectivity index (χ2v) is 10.3. The first-order valence-electron chi connectivity index (χ1n) is 11.6. The number of aliphatic carboxylic acids is 1. The predicted octanol–water partition coefficient (Wildman–Crippen LogP) is 1.17. The molecule has 8 nitrogen and oxygen atoms in total. The van der Waals surface area contributed by atoms with Gasteiger partial charge in [-0.1, -0.05) is 13.0 Å². The molecule has 0 bridgehead atoms. The van der Waals surface area contributed by atoms with Gasteiger partial charge in [-0.25, -0.2) is 4.79 Å². The van der Waals surface area contributed by atoms with Crippen LogP contribution in [0, 0.1) is 17.3 Å². The number of aryl methyl sites for hydroxylation is 1. The number of rotatable bonds is 3. The zero-order chi connectivity index (χ0) is 22.8. The van der Waals surface area contributed by atoms with Crippen LogP contribution >= 0.6 is 0 Å². The molecule has 0 amide bonds. The minimum absolute atomic E-state index is 0.0300. The summed E-state index contributed by atoms with van der Waals surface area (Å²) in [5, 5.41) is 49.8. The van der Waals surface area contributed by atoms with Gasteiger partial charge in [0.2, 0.25) is 6.29 Å². The lowest BCUT2D eigenvalue weighted by atomic mass is 9.55. The van der Waals surface area contributed by atoms with Gasteiger partial charge in [-0.3, -0.25) is 0 Å². The summed E-state index contributed by atoms with van der Waals surface area (Å²) in [6.07, 6.45) is -2.28. The molecule has 1 aromatic carbocycles. The monoisotopic (exact) mass is 448 g/mol. The molecule has 3 aliphatic carbocycles. The average Bonchev–Trinajstić information content (AvgIpc) is 3.08. The Bertz CT molecular complexity index is 889. The molecule has 3 unspecified atom stereocenters.